The van der Waals surface area contributed by atoms with Gasteiger partial charge in [-0.05, 0) is 48.9 Å². The van der Waals surface area contributed by atoms with Gasteiger partial charge in [0.25, 0.3) is 5.92 Å². The van der Waals surface area contributed by atoms with Crippen molar-refractivity contribution in [3.05, 3.63) is 77.8 Å². The van der Waals surface area contributed by atoms with Crippen LogP contribution >= 0.6 is 0 Å². The second kappa shape index (κ2) is 11.8. The maximum Gasteiger partial charge on any atom is 0.257 e. The van der Waals surface area contributed by atoms with Gasteiger partial charge in [-0.15, -0.1) is 0 Å². The molecule has 206 valence electrons. The molecule has 12 heteroatoms. The number of alkyl halides is 2. The summed E-state index contributed by atoms with van der Waals surface area (Å²) in [6.45, 7) is 3.06. The standard InChI is InChI=1S/C27H27F4N5O3/c1-16(26(38)35-25-6-4-21(14-34-25)39-24-5-3-19(28)12-23(24)29)36-10-8-27(30,31)22(15-36)18-7-9-32-20(11-18)13-33-17(2)37/h3-7,9,11-12,14,16,22H,8,10,13,15H2,1-2H3,(H,33,37)(H,34,35,38). The van der Waals surface area contributed by atoms with Crippen LogP contribution in [0.15, 0.2) is 54.9 Å². The molecule has 0 radical (unpaired) electrons. The number of ether oxygens (including phenoxy) is 1. The van der Waals surface area contributed by atoms with Crippen LogP contribution in [0.2, 0.25) is 0 Å². The fourth-order valence-electron chi connectivity index (χ4n) is 4.25. The second-order valence-corrected chi connectivity index (χ2v) is 9.27. The average molecular weight is 546 g/mol. The van der Waals surface area contributed by atoms with Crippen molar-refractivity contribution in [3.8, 4) is 11.5 Å². The zero-order valence-electron chi connectivity index (χ0n) is 21.3. The van der Waals surface area contributed by atoms with E-state index >= 15 is 0 Å². The van der Waals surface area contributed by atoms with Gasteiger partial charge in [-0.1, -0.05) is 0 Å². The number of carbonyl (C=O) groups is 2. The summed E-state index contributed by atoms with van der Waals surface area (Å²) in [5.41, 5.74) is 0.838. The van der Waals surface area contributed by atoms with Crippen molar-refractivity contribution in [2.45, 2.75) is 44.7 Å². The second-order valence-electron chi connectivity index (χ2n) is 9.27. The first-order valence-electron chi connectivity index (χ1n) is 12.2. The number of rotatable bonds is 8. The van der Waals surface area contributed by atoms with Gasteiger partial charge in [0.1, 0.15) is 17.4 Å². The van der Waals surface area contributed by atoms with Crippen LogP contribution in [0.4, 0.5) is 23.4 Å². The summed E-state index contributed by atoms with van der Waals surface area (Å²) < 4.78 is 62.1. The summed E-state index contributed by atoms with van der Waals surface area (Å²) in [7, 11) is 0. The number of aromatic nitrogens is 2. The molecule has 4 rings (SSSR count). The molecule has 0 spiro atoms. The Labute approximate surface area is 222 Å². The molecule has 1 saturated heterocycles. The predicted octanol–water partition coefficient (Wildman–Crippen LogP) is 4.64. The molecular weight excluding hydrogens is 518 g/mol. The average Bonchev–Trinajstić information content (AvgIpc) is 2.89. The Hall–Kier alpha value is -4.06. The van der Waals surface area contributed by atoms with E-state index in [4.69, 9.17) is 4.74 Å². The van der Waals surface area contributed by atoms with E-state index in [1.807, 2.05) is 0 Å². The number of amides is 2. The highest BCUT2D eigenvalue weighted by Crippen LogP contribution is 2.41. The third kappa shape index (κ3) is 7.08. The summed E-state index contributed by atoms with van der Waals surface area (Å²) in [6, 6.07) is 8.13. The minimum Gasteiger partial charge on any atom is -0.453 e. The van der Waals surface area contributed by atoms with Gasteiger partial charge >= 0.3 is 0 Å². The van der Waals surface area contributed by atoms with Crippen molar-refractivity contribution in [2.75, 3.05) is 18.4 Å². The Morgan fingerprint density at radius 2 is 1.95 bits per heavy atom. The van der Waals surface area contributed by atoms with Gasteiger partial charge in [0, 0.05) is 38.7 Å². The number of halogens is 4. The summed E-state index contributed by atoms with van der Waals surface area (Å²) in [6.07, 6.45) is 2.27. The van der Waals surface area contributed by atoms with Crippen LogP contribution in [-0.4, -0.2) is 51.7 Å². The van der Waals surface area contributed by atoms with Crippen molar-refractivity contribution in [1.29, 1.82) is 0 Å². The summed E-state index contributed by atoms with van der Waals surface area (Å²) >= 11 is 0. The zero-order valence-corrected chi connectivity index (χ0v) is 21.3. The van der Waals surface area contributed by atoms with E-state index in [2.05, 4.69) is 20.6 Å². The Morgan fingerprint density at radius 3 is 2.64 bits per heavy atom. The molecule has 2 N–H and O–H groups in total. The molecule has 0 bridgehead atoms. The lowest BCUT2D eigenvalue weighted by Crippen LogP contribution is -2.52. The van der Waals surface area contributed by atoms with Gasteiger partial charge in [0.05, 0.1) is 30.4 Å². The smallest absolute Gasteiger partial charge is 0.257 e. The van der Waals surface area contributed by atoms with Crippen LogP contribution in [-0.2, 0) is 16.1 Å². The highest BCUT2D eigenvalue weighted by atomic mass is 19.3. The minimum absolute atomic E-state index is 0.0192. The molecule has 1 aliphatic heterocycles. The van der Waals surface area contributed by atoms with Crippen LogP contribution in [0, 0.1) is 11.6 Å². The minimum atomic E-state index is -2.99. The fraction of sp³-hybridized carbons (Fsp3) is 0.333. The molecule has 1 aliphatic rings. The number of anilines is 1. The van der Waals surface area contributed by atoms with Crippen molar-refractivity contribution in [3.63, 3.8) is 0 Å². The van der Waals surface area contributed by atoms with E-state index in [1.165, 1.54) is 37.5 Å². The van der Waals surface area contributed by atoms with Crippen LogP contribution in [0.3, 0.4) is 0 Å². The molecule has 2 amide bonds. The lowest BCUT2D eigenvalue weighted by molar-refractivity contribution is -0.125. The molecule has 2 atom stereocenters. The van der Waals surface area contributed by atoms with E-state index in [1.54, 1.807) is 17.9 Å². The topological polar surface area (TPSA) is 96.5 Å². The van der Waals surface area contributed by atoms with E-state index in [9.17, 15) is 27.2 Å². The summed E-state index contributed by atoms with van der Waals surface area (Å²) in [4.78, 5) is 34.0. The molecule has 2 aromatic heterocycles. The van der Waals surface area contributed by atoms with E-state index in [0.717, 1.165) is 12.1 Å². The van der Waals surface area contributed by atoms with E-state index in [0.29, 0.717) is 17.3 Å². The van der Waals surface area contributed by atoms with E-state index in [-0.39, 0.29) is 42.9 Å². The van der Waals surface area contributed by atoms with E-state index < -0.39 is 41.8 Å². The first-order valence-corrected chi connectivity index (χ1v) is 12.2. The Kier molecular flexibility index (Phi) is 8.44. The molecule has 0 saturated carbocycles. The molecule has 3 heterocycles. The maximum absolute atomic E-state index is 14.9. The lowest BCUT2D eigenvalue weighted by Gasteiger charge is -2.40. The predicted molar refractivity (Wildman–Crippen MR) is 134 cm³/mol. The monoisotopic (exact) mass is 545 g/mol. The number of piperidine rings is 1. The van der Waals surface area contributed by atoms with Crippen LogP contribution < -0.4 is 15.4 Å². The highest BCUT2D eigenvalue weighted by molar-refractivity contribution is 5.93. The molecule has 2 unspecified atom stereocenters. The normalized spacial score (nSPS) is 17.7. The molecule has 8 nitrogen and oxygen atoms in total. The van der Waals surface area contributed by atoms with Crippen LogP contribution in [0.1, 0.15) is 37.4 Å². The molecule has 39 heavy (non-hydrogen) atoms. The Morgan fingerprint density at radius 1 is 1.15 bits per heavy atom. The van der Waals surface area contributed by atoms with Crippen molar-refractivity contribution in [1.82, 2.24) is 20.2 Å². The quantitative estimate of drug-likeness (QED) is 0.401. The van der Waals surface area contributed by atoms with Crippen LogP contribution in [0.25, 0.3) is 0 Å². The molecule has 1 fully saturated rings. The number of nitrogens with zero attached hydrogens (tertiary/aromatic N) is 3. The van der Waals surface area contributed by atoms with Crippen molar-refractivity contribution < 1.29 is 31.9 Å². The number of hydrogen-bond donors (Lipinski definition) is 2. The van der Waals surface area contributed by atoms with Gasteiger partial charge in [-0.3, -0.25) is 19.5 Å². The van der Waals surface area contributed by atoms with Gasteiger partial charge in [-0.2, -0.15) is 0 Å². The SMILES string of the molecule is CC(=O)NCc1cc(C2CN(C(C)C(=O)Nc3ccc(Oc4ccc(F)cc4F)cn3)CCC2(F)F)ccn1. The lowest BCUT2D eigenvalue weighted by atomic mass is 9.86. The van der Waals surface area contributed by atoms with Crippen LogP contribution in [0.5, 0.6) is 11.5 Å². The van der Waals surface area contributed by atoms with Gasteiger partial charge in [0.2, 0.25) is 11.8 Å². The largest absolute Gasteiger partial charge is 0.453 e. The third-order valence-corrected chi connectivity index (χ3v) is 6.46. The highest BCUT2D eigenvalue weighted by Gasteiger charge is 2.46. The zero-order chi connectivity index (χ0) is 28.2. The maximum atomic E-state index is 14.9. The number of nitrogens with one attached hydrogen (secondary N) is 2. The Balaban J connectivity index is 1.39. The number of carbonyl (C=O) groups excluding carboxylic acids is 2. The number of pyridine rings is 2. The fourth-order valence-corrected chi connectivity index (χ4v) is 4.25. The number of likely N-dealkylation sites (tertiary alicyclic amines) is 1. The van der Waals surface area contributed by atoms with Crippen molar-refractivity contribution in [2.24, 2.45) is 0 Å². The van der Waals surface area contributed by atoms with Crippen molar-refractivity contribution >= 4 is 17.6 Å². The van der Waals surface area contributed by atoms with Gasteiger partial charge < -0.3 is 15.4 Å². The molecule has 3 aromatic rings. The van der Waals surface area contributed by atoms with Gasteiger partial charge in [0.15, 0.2) is 11.6 Å². The molecular formula is C27H27F4N5O3. The molecule has 1 aromatic carbocycles. The van der Waals surface area contributed by atoms with Gasteiger partial charge in [-0.25, -0.2) is 22.5 Å². The summed E-state index contributed by atoms with van der Waals surface area (Å²) in [5, 5.41) is 5.25. The first kappa shape index (κ1) is 28.0. The summed E-state index contributed by atoms with van der Waals surface area (Å²) in [5.74, 6) is -6.28. The third-order valence-electron chi connectivity index (χ3n) is 6.46. The Bertz CT molecular complexity index is 1340. The molecule has 0 aliphatic carbocycles. The first-order chi connectivity index (χ1) is 18.5. The number of benzene rings is 1. The number of hydrogen-bond acceptors (Lipinski definition) is 6.